The van der Waals surface area contributed by atoms with Crippen LogP contribution in [-0.2, 0) is 9.53 Å². The van der Waals surface area contributed by atoms with Crippen molar-refractivity contribution < 1.29 is 18.3 Å². The fourth-order valence-corrected chi connectivity index (χ4v) is 3.60. The zero-order chi connectivity index (χ0) is 19.9. The molecule has 1 saturated carbocycles. The summed E-state index contributed by atoms with van der Waals surface area (Å²) >= 11 is 0. The number of halogens is 2. The molecule has 28 heavy (non-hydrogen) atoms. The summed E-state index contributed by atoms with van der Waals surface area (Å²) in [5, 5.41) is 13.6. The van der Waals surface area contributed by atoms with Crippen molar-refractivity contribution in [2.45, 2.75) is 38.2 Å². The van der Waals surface area contributed by atoms with Gasteiger partial charge in [0.2, 0.25) is 5.76 Å². The Balaban J connectivity index is 1.87. The van der Waals surface area contributed by atoms with Crippen LogP contribution in [0.25, 0.3) is 0 Å². The maximum Gasteiger partial charge on any atom is 0.293 e. The minimum Gasteiger partial charge on any atom is -0.483 e. The average Bonchev–Trinajstić information content (AvgIpc) is 2.68. The van der Waals surface area contributed by atoms with Gasteiger partial charge in [-0.3, -0.25) is 4.79 Å². The summed E-state index contributed by atoms with van der Waals surface area (Å²) in [6.07, 6.45) is 5.91. The molecule has 0 radical (unpaired) electrons. The number of nitrogens with one attached hydrogen (secondary N) is 3. The number of carbonyl (C=O) groups excluding carboxylic acids is 1. The molecular weight excluding hydrogens is 366 g/mol. The van der Waals surface area contributed by atoms with Gasteiger partial charge in [-0.05, 0) is 37.8 Å². The number of piperazine rings is 1. The molecule has 0 aromatic heterocycles. The largest absolute Gasteiger partial charge is 0.483 e. The number of hydrogen-bond acceptors (Lipinski definition) is 5. The smallest absolute Gasteiger partial charge is 0.293 e. The van der Waals surface area contributed by atoms with Gasteiger partial charge in [0.1, 0.15) is 17.3 Å². The summed E-state index contributed by atoms with van der Waals surface area (Å²) in [7, 11) is 0. The van der Waals surface area contributed by atoms with Gasteiger partial charge in [-0.1, -0.05) is 6.42 Å². The maximum absolute atomic E-state index is 13.5. The molecule has 1 amide bonds. The molecule has 6 nitrogen and oxygen atoms in total. The number of allylic oxidation sites excluding steroid dienone is 1. The van der Waals surface area contributed by atoms with E-state index in [1.54, 1.807) is 0 Å². The highest BCUT2D eigenvalue weighted by Crippen LogP contribution is 2.25. The zero-order valence-corrected chi connectivity index (χ0v) is 15.8. The lowest BCUT2D eigenvalue weighted by molar-refractivity contribution is -0.117. The molecule has 1 aliphatic heterocycles. The van der Waals surface area contributed by atoms with Gasteiger partial charge in [-0.15, -0.1) is 0 Å². The van der Waals surface area contributed by atoms with Crippen LogP contribution in [0.3, 0.4) is 0 Å². The second-order valence-corrected chi connectivity index (χ2v) is 7.09. The lowest BCUT2D eigenvalue weighted by Gasteiger charge is -2.32. The van der Waals surface area contributed by atoms with E-state index >= 15 is 0 Å². The van der Waals surface area contributed by atoms with Crippen molar-refractivity contribution in [3.8, 4) is 0 Å². The summed E-state index contributed by atoms with van der Waals surface area (Å²) in [6.45, 7) is 2.77. The molecule has 1 aromatic rings. The first-order valence-electron chi connectivity index (χ1n) is 9.71. The van der Waals surface area contributed by atoms with Gasteiger partial charge in [-0.2, -0.15) is 0 Å². The van der Waals surface area contributed by atoms with Crippen molar-refractivity contribution in [2.75, 3.05) is 31.5 Å². The first-order chi connectivity index (χ1) is 13.6. The third-order valence-electron chi connectivity index (χ3n) is 4.99. The van der Waals surface area contributed by atoms with Crippen LogP contribution in [-0.4, -0.2) is 49.3 Å². The van der Waals surface area contributed by atoms with Crippen LogP contribution in [0, 0.1) is 17.0 Å². The Bertz CT molecular complexity index is 721. The van der Waals surface area contributed by atoms with Crippen LogP contribution >= 0.6 is 0 Å². The molecule has 2 aliphatic rings. The van der Waals surface area contributed by atoms with Gasteiger partial charge in [0.05, 0.1) is 6.10 Å². The molecule has 0 unspecified atom stereocenters. The Hall–Kier alpha value is -2.48. The Morgan fingerprint density at radius 2 is 1.79 bits per heavy atom. The Morgan fingerprint density at radius 3 is 2.39 bits per heavy atom. The molecule has 1 saturated heterocycles. The maximum atomic E-state index is 13.5. The van der Waals surface area contributed by atoms with E-state index < -0.39 is 17.5 Å². The van der Waals surface area contributed by atoms with Gasteiger partial charge in [0, 0.05) is 44.1 Å². The topological polar surface area (TPSA) is 77.5 Å². The van der Waals surface area contributed by atoms with Crippen LogP contribution in [0.1, 0.15) is 32.1 Å². The van der Waals surface area contributed by atoms with Crippen LogP contribution < -0.4 is 10.6 Å². The van der Waals surface area contributed by atoms with E-state index in [2.05, 4.69) is 10.6 Å². The average molecular weight is 392 g/mol. The van der Waals surface area contributed by atoms with E-state index in [1.807, 2.05) is 4.90 Å². The highest BCUT2D eigenvalue weighted by molar-refractivity contribution is 6.05. The third-order valence-corrected chi connectivity index (χ3v) is 4.99. The molecule has 1 aliphatic carbocycles. The molecule has 0 spiro atoms. The fourth-order valence-electron chi connectivity index (χ4n) is 3.60. The summed E-state index contributed by atoms with van der Waals surface area (Å²) in [5.74, 6) is -2.12. The zero-order valence-electron chi connectivity index (χ0n) is 15.8. The molecule has 0 bridgehead atoms. The molecule has 8 heteroatoms. The molecule has 152 valence electrons. The lowest BCUT2D eigenvalue weighted by atomic mass is 9.98. The van der Waals surface area contributed by atoms with Crippen LogP contribution in [0.15, 0.2) is 29.7 Å². The molecule has 3 rings (SSSR count). The van der Waals surface area contributed by atoms with Crippen molar-refractivity contribution in [1.29, 1.82) is 5.41 Å². The van der Waals surface area contributed by atoms with Crippen LogP contribution in [0.5, 0.6) is 0 Å². The predicted octanol–water partition coefficient (Wildman–Crippen LogP) is 3.02. The summed E-state index contributed by atoms with van der Waals surface area (Å²) in [6, 6.07) is 2.84. The van der Waals surface area contributed by atoms with Gasteiger partial charge in [0.15, 0.2) is 0 Å². The number of amides is 1. The van der Waals surface area contributed by atoms with Gasteiger partial charge in [-0.25, -0.2) is 8.78 Å². The first kappa shape index (κ1) is 20.3. The van der Waals surface area contributed by atoms with Crippen molar-refractivity contribution in [1.82, 2.24) is 10.2 Å². The molecule has 3 N–H and O–H groups in total. The van der Waals surface area contributed by atoms with Crippen molar-refractivity contribution in [2.24, 2.45) is 0 Å². The number of nitrogens with zero attached hydrogens (tertiary/aromatic N) is 1. The number of rotatable bonds is 6. The van der Waals surface area contributed by atoms with Gasteiger partial charge >= 0.3 is 0 Å². The summed E-state index contributed by atoms with van der Waals surface area (Å²) in [5.41, 5.74) is 0.401. The van der Waals surface area contributed by atoms with E-state index in [4.69, 9.17) is 10.1 Å². The van der Waals surface area contributed by atoms with E-state index in [0.29, 0.717) is 18.8 Å². The minimum absolute atomic E-state index is 0.0110. The van der Waals surface area contributed by atoms with Crippen LogP contribution in [0.4, 0.5) is 14.5 Å². The highest BCUT2D eigenvalue weighted by Gasteiger charge is 2.26. The van der Waals surface area contributed by atoms with Crippen molar-refractivity contribution >= 4 is 17.8 Å². The Labute approximate surface area is 163 Å². The van der Waals surface area contributed by atoms with E-state index in [9.17, 15) is 13.6 Å². The monoisotopic (exact) mass is 392 g/mol. The quantitative estimate of drug-likeness (QED) is 0.395. The molecule has 1 heterocycles. The Kier molecular flexibility index (Phi) is 6.97. The number of carbonyl (C=O) groups is 1. The third kappa shape index (κ3) is 5.28. The second kappa shape index (κ2) is 9.64. The SMILES string of the molecule is N=CC(=C(OC1CCCCC1)C(=O)Nc1cc(F)cc(F)c1)N1CCNCC1. The predicted molar refractivity (Wildman–Crippen MR) is 103 cm³/mol. The number of benzene rings is 1. The first-order valence-corrected chi connectivity index (χ1v) is 9.71. The van der Waals surface area contributed by atoms with E-state index in [0.717, 1.165) is 69.6 Å². The second-order valence-electron chi connectivity index (χ2n) is 7.09. The molecule has 1 aromatic carbocycles. The van der Waals surface area contributed by atoms with Crippen LogP contribution in [0.2, 0.25) is 0 Å². The summed E-state index contributed by atoms with van der Waals surface area (Å²) < 4.78 is 33.0. The lowest BCUT2D eigenvalue weighted by Crippen LogP contribution is -2.44. The highest BCUT2D eigenvalue weighted by atomic mass is 19.1. The molecular formula is C20H26F2N4O2. The van der Waals surface area contributed by atoms with Crippen molar-refractivity contribution in [3.63, 3.8) is 0 Å². The summed E-state index contributed by atoms with van der Waals surface area (Å²) in [4.78, 5) is 14.9. The fraction of sp³-hybridized carbons (Fsp3) is 0.500. The minimum atomic E-state index is -0.775. The number of anilines is 1. The van der Waals surface area contributed by atoms with E-state index in [-0.39, 0.29) is 17.6 Å². The molecule has 0 atom stereocenters. The van der Waals surface area contributed by atoms with Crippen molar-refractivity contribution in [3.05, 3.63) is 41.3 Å². The van der Waals surface area contributed by atoms with Gasteiger partial charge < -0.3 is 25.7 Å². The number of hydrogen-bond donors (Lipinski definition) is 3. The van der Waals surface area contributed by atoms with E-state index in [1.165, 1.54) is 0 Å². The standard InChI is InChI=1S/C20H26F2N4O2/c21-14-10-15(22)12-16(11-14)25-20(27)19(28-17-4-2-1-3-5-17)18(13-23)26-8-6-24-7-9-26/h10-13,17,23-24H,1-9H2,(H,25,27). The Morgan fingerprint density at radius 1 is 1.14 bits per heavy atom. The molecule has 2 fully saturated rings. The number of ether oxygens (including phenoxy) is 1. The van der Waals surface area contributed by atoms with Gasteiger partial charge in [0.25, 0.3) is 5.91 Å². The normalized spacial score (nSPS) is 19.0.